The maximum Gasteiger partial charge on any atom is 0.248 e. The maximum atomic E-state index is 13.8. The normalized spacial score (nSPS) is 14.4. The number of hydrogen-bond acceptors (Lipinski definition) is 6. The van der Waals surface area contributed by atoms with E-state index in [1.165, 1.54) is 22.7 Å². The number of para-hydroxylation sites is 1. The van der Waals surface area contributed by atoms with Crippen LogP contribution in [-0.2, 0) is 14.4 Å². The Labute approximate surface area is 221 Å². The second-order valence-electron chi connectivity index (χ2n) is 9.00. The van der Waals surface area contributed by atoms with E-state index < -0.39 is 6.04 Å². The highest BCUT2D eigenvalue weighted by Crippen LogP contribution is 2.31. The van der Waals surface area contributed by atoms with E-state index >= 15 is 0 Å². The number of carbonyl (C=O) groups excluding carboxylic acids is 3. The third-order valence-corrected chi connectivity index (χ3v) is 7.13. The summed E-state index contributed by atoms with van der Waals surface area (Å²) in [6.07, 6.45) is 6.70. The van der Waals surface area contributed by atoms with Crippen molar-refractivity contribution in [1.82, 2.24) is 10.3 Å². The van der Waals surface area contributed by atoms with Crippen LogP contribution in [-0.4, -0.2) is 35.9 Å². The van der Waals surface area contributed by atoms with Crippen LogP contribution in [0.25, 0.3) is 0 Å². The highest BCUT2D eigenvalue weighted by Gasteiger charge is 2.34. The number of ether oxygens (including phenoxy) is 1. The molecule has 194 valence electrons. The molecule has 3 amide bonds. The van der Waals surface area contributed by atoms with E-state index in [4.69, 9.17) is 4.74 Å². The van der Waals surface area contributed by atoms with Gasteiger partial charge in [0.2, 0.25) is 17.7 Å². The van der Waals surface area contributed by atoms with Gasteiger partial charge in [0.15, 0.2) is 5.13 Å². The van der Waals surface area contributed by atoms with E-state index in [0.29, 0.717) is 22.1 Å². The number of rotatable bonds is 10. The Morgan fingerprint density at radius 1 is 1.03 bits per heavy atom. The van der Waals surface area contributed by atoms with Crippen LogP contribution in [0, 0.1) is 0 Å². The van der Waals surface area contributed by atoms with Crippen LogP contribution in [0.1, 0.15) is 56.6 Å². The molecule has 0 aliphatic heterocycles. The Kier molecular flexibility index (Phi) is 9.26. The standard InChI is InChI=1S/C28H32N4O4S/c1-36-23-14-12-20(13-15-23)26(27(35)30-21-8-4-2-5-9-21)32(22-10-6-3-7-11-22)25(34)17-16-24(33)31-28-29-18-19-37-28/h3,6-7,10-15,18-19,21,26H,2,4-5,8-9,16-17H2,1H3,(H,30,35)(H,29,31,33)/t26-/m0/s1. The summed E-state index contributed by atoms with van der Waals surface area (Å²) in [7, 11) is 1.58. The summed E-state index contributed by atoms with van der Waals surface area (Å²) in [6.45, 7) is 0. The van der Waals surface area contributed by atoms with Gasteiger partial charge in [0.25, 0.3) is 0 Å². The molecule has 0 bridgehead atoms. The van der Waals surface area contributed by atoms with Gasteiger partial charge in [-0.05, 0) is 42.7 Å². The first kappa shape index (κ1) is 26.3. The maximum absolute atomic E-state index is 13.8. The van der Waals surface area contributed by atoms with Crippen molar-refractivity contribution >= 4 is 39.9 Å². The molecule has 4 rings (SSSR count). The van der Waals surface area contributed by atoms with Crippen molar-refractivity contribution < 1.29 is 19.1 Å². The molecule has 9 heteroatoms. The lowest BCUT2D eigenvalue weighted by Crippen LogP contribution is -2.47. The molecular weight excluding hydrogens is 488 g/mol. The minimum atomic E-state index is -0.898. The van der Waals surface area contributed by atoms with Gasteiger partial charge < -0.3 is 15.4 Å². The Balaban J connectivity index is 1.61. The number of carbonyl (C=O) groups is 3. The number of thiazole rings is 1. The highest BCUT2D eigenvalue weighted by molar-refractivity contribution is 7.13. The number of methoxy groups -OCH3 is 1. The first-order valence-corrected chi connectivity index (χ1v) is 13.4. The molecule has 1 aliphatic rings. The quantitative estimate of drug-likeness (QED) is 0.388. The first-order valence-electron chi connectivity index (χ1n) is 12.6. The molecule has 2 N–H and O–H groups in total. The van der Waals surface area contributed by atoms with Crippen LogP contribution in [0.5, 0.6) is 5.75 Å². The van der Waals surface area contributed by atoms with Gasteiger partial charge in [0.1, 0.15) is 11.8 Å². The van der Waals surface area contributed by atoms with Gasteiger partial charge in [-0.2, -0.15) is 0 Å². The zero-order chi connectivity index (χ0) is 26.0. The predicted molar refractivity (Wildman–Crippen MR) is 145 cm³/mol. The van der Waals surface area contributed by atoms with E-state index in [1.807, 2.05) is 30.3 Å². The fourth-order valence-electron chi connectivity index (χ4n) is 4.56. The molecule has 37 heavy (non-hydrogen) atoms. The summed E-state index contributed by atoms with van der Waals surface area (Å²) in [5.41, 5.74) is 1.26. The molecule has 1 saturated carbocycles. The molecule has 1 aromatic heterocycles. The second kappa shape index (κ2) is 13.0. The van der Waals surface area contributed by atoms with Gasteiger partial charge in [-0.3, -0.25) is 19.3 Å². The van der Waals surface area contributed by atoms with Crippen LogP contribution in [0.3, 0.4) is 0 Å². The molecule has 0 spiro atoms. The van der Waals surface area contributed by atoms with Gasteiger partial charge in [-0.25, -0.2) is 4.98 Å². The summed E-state index contributed by atoms with van der Waals surface area (Å²) < 4.78 is 5.30. The molecule has 3 aromatic rings. The summed E-state index contributed by atoms with van der Waals surface area (Å²) >= 11 is 1.31. The molecular formula is C28H32N4O4S. The number of amides is 3. The molecule has 1 heterocycles. The fraction of sp³-hybridized carbons (Fsp3) is 0.357. The summed E-state index contributed by atoms with van der Waals surface area (Å²) in [5, 5.41) is 8.16. The number of aromatic nitrogens is 1. The second-order valence-corrected chi connectivity index (χ2v) is 9.90. The summed E-state index contributed by atoms with van der Waals surface area (Å²) in [4.78, 5) is 45.6. The first-order chi connectivity index (χ1) is 18.0. The Bertz CT molecular complexity index is 1160. The van der Waals surface area contributed by atoms with Crippen molar-refractivity contribution in [3.63, 3.8) is 0 Å². The van der Waals surface area contributed by atoms with Gasteiger partial charge in [0.05, 0.1) is 7.11 Å². The molecule has 1 fully saturated rings. The largest absolute Gasteiger partial charge is 0.497 e. The number of nitrogens with zero attached hydrogens (tertiary/aromatic N) is 2. The van der Waals surface area contributed by atoms with Gasteiger partial charge in [-0.15, -0.1) is 11.3 Å². The Hall–Kier alpha value is -3.72. The topological polar surface area (TPSA) is 101 Å². The van der Waals surface area contributed by atoms with E-state index in [1.54, 1.807) is 43.0 Å². The zero-order valence-corrected chi connectivity index (χ0v) is 21.7. The number of hydrogen-bond donors (Lipinski definition) is 2. The molecule has 1 atom stereocenters. The van der Waals surface area contributed by atoms with Gasteiger partial charge in [-0.1, -0.05) is 49.6 Å². The molecule has 8 nitrogen and oxygen atoms in total. The number of benzene rings is 2. The third-order valence-electron chi connectivity index (χ3n) is 6.44. The van der Waals surface area contributed by atoms with Crippen molar-refractivity contribution in [3.8, 4) is 5.75 Å². The van der Waals surface area contributed by atoms with Crippen LogP contribution >= 0.6 is 11.3 Å². The monoisotopic (exact) mass is 520 g/mol. The number of nitrogens with one attached hydrogen (secondary N) is 2. The molecule has 0 radical (unpaired) electrons. The minimum absolute atomic E-state index is 0.0265. The van der Waals surface area contributed by atoms with Crippen molar-refractivity contribution in [2.75, 3.05) is 17.3 Å². The third kappa shape index (κ3) is 7.16. The van der Waals surface area contributed by atoms with Crippen LogP contribution < -0.4 is 20.3 Å². The SMILES string of the molecule is COc1ccc([C@@H](C(=O)NC2CCCCC2)N(C(=O)CCC(=O)Nc2nccs2)c2ccccc2)cc1. The highest BCUT2D eigenvalue weighted by atomic mass is 32.1. The van der Waals surface area contributed by atoms with Crippen LogP contribution in [0.2, 0.25) is 0 Å². The lowest BCUT2D eigenvalue weighted by Gasteiger charge is -2.33. The van der Waals surface area contributed by atoms with Crippen molar-refractivity contribution in [3.05, 3.63) is 71.7 Å². The zero-order valence-electron chi connectivity index (χ0n) is 20.9. The Morgan fingerprint density at radius 3 is 2.41 bits per heavy atom. The Morgan fingerprint density at radius 2 is 1.76 bits per heavy atom. The lowest BCUT2D eigenvalue weighted by atomic mass is 9.94. The van der Waals surface area contributed by atoms with E-state index in [2.05, 4.69) is 15.6 Å². The molecule has 0 unspecified atom stereocenters. The lowest BCUT2D eigenvalue weighted by molar-refractivity contribution is -0.127. The van der Waals surface area contributed by atoms with E-state index in [9.17, 15) is 14.4 Å². The van der Waals surface area contributed by atoms with E-state index in [0.717, 1.165) is 25.7 Å². The summed E-state index contributed by atoms with van der Waals surface area (Å²) in [6, 6.07) is 15.5. The van der Waals surface area contributed by atoms with Crippen molar-refractivity contribution in [2.45, 2.75) is 57.0 Å². The average molecular weight is 521 g/mol. The molecule has 0 saturated heterocycles. The van der Waals surface area contributed by atoms with Gasteiger partial charge in [0, 0.05) is 36.1 Å². The van der Waals surface area contributed by atoms with E-state index in [-0.39, 0.29) is 36.6 Å². The van der Waals surface area contributed by atoms with Crippen LogP contribution in [0.4, 0.5) is 10.8 Å². The minimum Gasteiger partial charge on any atom is -0.497 e. The predicted octanol–water partition coefficient (Wildman–Crippen LogP) is 5.09. The smallest absolute Gasteiger partial charge is 0.248 e. The average Bonchev–Trinajstić information content (AvgIpc) is 3.44. The summed E-state index contributed by atoms with van der Waals surface area (Å²) in [5.74, 6) is -0.197. The van der Waals surface area contributed by atoms with Crippen molar-refractivity contribution in [1.29, 1.82) is 0 Å². The molecule has 2 aromatic carbocycles. The fourth-order valence-corrected chi connectivity index (χ4v) is 5.11. The number of anilines is 2. The van der Waals surface area contributed by atoms with Gasteiger partial charge >= 0.3 is 0 Å². The molecule has 1 aliphatic carbocycles. The van der Waals surface area contributed by atoms with Crippen LogP contribution in [0.15, 0.2) is 66.2 Å². The van der Waals surface area contributed by atoms with Crippen molar-refractivity contribution in [2.24, 2.45) is 0 Å².